The van der Waals surface area contributed by atoms with Gasteiger partial charge in [0.15, 0.2) is 5.76 Å². The summed E-state index contributed by atoms with van der Waals surface area (Å²) < 4.78 is 34.3. The molecule has 158 valence electrons. The van der Waals surface area contributed by atoms with Crippen LogP contribution in [0.5, 0.6) is 0 Å². The number of carbonyl (C=O) groups excluding carboxylic acids is 1. The molecule has 3 heterocycles. The molecule has 8 nitrogen and oxygen atoms in total. The van der Waals surface area contributed by atoms with Gasteiger partial charge in [-0.3, -0.25) is 14.6 Å². The molecule has 2 N–H and O–H groups in total. The predicted molar refractivity (Wildman–Crippen MR) is 113 cm³/mol. The van der Waals surface area contributed by atoms with Gasteiger partial charge in [0.05, 0.1) is 11.8 Å². The number of rotatable bonds is 5. The molecule has 0 bridgehead atoms. The number of anilines is 1. The third-order valence-corrected chi connectivity index (χ3v) is 6.63. The van der Waals surface area contributed by atoms with Gasteiger partial charge in [0.1, 0.15) is 16.3 Å². The molecule has 1 fully saturated rings. The van der Waals surface area contributed by atoms with Gasteiger partial charge in [-0.05, 0) is 56.9 Å². The molecule has 1 aliphatic rings. The van der Waals surface area contributed by atoms with Crippen LogP contribution in [0.25, 0.3) is 11.5 Å². The topological polar surface area (TPSA) is 108 Å². The second kappa shape index (κ2) is 7.64. The van der Waals surface area contributed by atoms with Crippen molar-refractivity contribution < 1.29 is 17.6 Å². The molecule has 0 saturated carbocycles. The largest absolute Gasteiger partial charge is 0.458 e. The molecule has 4 rings (SSSR count). The monoisotopic (exact) mass is 428 g/mol. The molecule has 0 unspecified atom stereocenters. The number of aromatic amines is 1. The van der Waals surface area contributed by atoms with E-state index in [0.717, 1.165) is 24.0 Å². The smallest absolute Gasteiger partial charge is 0.265 e. The quantitative estimate of drug-likeness (QED) is 0.645. The molecule has 1 amide bonds. The van der Waals surface area contributed by atoms with E-state index in [4.69, 9.17) is 4.42 Å². The molecule has 1 aliphatic heterocycles. The highest BCUT2D eigenvalue weighted by Gasteiger charge is 2.28. The Labute approximate surface area is 175 Å². The fourth-order valence-corrected chi connectivity index (χ4v) is 5.05. The van der Waals surface area contributed by atoms with E-state index in [1.807, 2.05) is 19.9 Å². The summed E-state index contributed by atoms with van der Waals surface area (Å²) in [4.78, 5) is 14.6. The van der Waals surface area contributed by atoms with Crippen molar-refractivity contribution in [1.29, 1.82) is 0 Å². The van der Waals surface area contributed by atoms with Crippen molar-refractivity contribution in [1.82, 2.24) is 15.1 Å². The molecular formula is C21H24N4O4S. The zero-order chi connectivity index (χ0) is 21.5. The molecule has 0 radical (unpaired) electrons. The molecule has 1 aromatic carbocycles. The van der Waals surface area contributed by atoms with Crippen molar-refractivity contribution in [3.8, 4) is 11.5 Å². The van der Waals surface area contributed by atoms with Gasteiger partial charge in [0, 0.05) is 24.8 Å². The van der Waals surface area contributed by atoms with Crippen LogP contribution in [0.1, 0.15) is 40.1 Å². The van der Waals surface area contributed by atoms with Gasteiger partial charge < -0.3 is 9.32 Å². The molecule has 3 aromatic rings. The van der Waals surface area contributed by atoms with Gasteiger partial charge in [-0.2, -0.15) is 5.10 Å². The van der Waals surface area contributed by atoms with Crippen molar-refractivity contribution in [2.45, 2.75) is 38.5 Å². The maximum Gasteiger partial charge on any atom is 0.265 e. The predicted octanol–water partition coefficient (Wildman–Crippen LogP) is 3.63. The molecular weight excluding hydrogens is 404 g/mol. The van der Waals surface area contributed by atoms with E-state index in [2.05, 4.69) is 14.9 Å². The number of likely N-dealkylation sites (tertiary alicyclic amines) is 1. The highest BCUT2D eigenvalue weighted by molar-refractivity contribution is 7.92. The van der Waals surface area contributed by atoms with E-state index < -0.39 is 10.0 Å². The van der Waals surface area contributed by atoms with Crippen LogP contribution in [0.15, 0.2) is 39.8 Å². The Bertz CT molecular complexity index is 1180. The van der Waals surface area contributed by atoms with Crippen molar-refractivity contribution in [3.05, 3.63) is 52.9 Å². The van der Waals surface area contributed by atoms with E-state index in [1.165, 1.54) is 12.3 Å². The lowest BCUT2D eigenvalue weighted by molar-refractivity contribution is 0.0793. The van der Waals surface area contributed by atoms with E-state index in [-0.39, 0.29) is 22.3 Å². The third kappa shape index (κ3) is 3.85. The molecule has 0 spiro atoms. The Morgan fingerprint density at radius 1 is 1.10 bits per heavy atom. The summed E-state index contributed by atoms with van der Waals surface area (Å²) >= 11 is 0. The number of hydrogen-bond acceptors (Lipinski definition) is 5. The Morgan fingerprint density at radius 2 is 1.77 bits per heavy atom. The van der Waals surface area contributed by atoms with Crippen molar-refractivity contribution in [3.63, 3.8) is 0 Å². The van der Waals surface area contributed by atoms with Gasteiger partial charge >= 0.3 is 0 Å². The van der Waals surface area contributed by atoms with E-state index >= 15 is 0 Å². The normalized spacial score (nSPS) is 14.3. The van der Waals surface area contributed by atoms with Crippen molar-refractivity contribution in [2.24, 2.45) is 0 Å². The number of hydrogen-bond donors (Lipinski definition) is 2. The van der Waals surface area contributed by atoms with Gasteiger partial charge in [0.25, 0.3) is 15.9 Å². The molecule has 30 heavy (non-hydrogen) atoms. The summed E-state index contributed by atoms with van der Waals surface area (Å²) in [5, 5.41) is 6.76. The average Bonchev–Trinajstić information content (AvgIpc) is 3.40. The number of nitrogens with one attached hydrogen (secondary N) is 2. The number of aromatic nitrogens is 2. The number of H-pyrrole nitrogens is 1. The zero-order valence-corrected chi connectivity index (χ0v) is 18.0. The van der Waals surface area contributed by atoms with Gasteiger partial charge in [-0.15, -0.1) is 0 Å². The number of amides is 1. The highest BCUT2D eigenvalue weighted by atomic mass is 32.2. The Hall–Kier alpha value is -3.07. The molecule has 9 heteroatoms. The van der Waals surface area contributed by atoms with Crippen LogP contribution in [-0.2, 0) is 10.0 Å². The van der Waals surface area contributed by atoms with E-state index in [9.17, 15) is 13.2 Å². The Kier molecular flexibility index (Phi) is 5.15. The van der Waals surface area contributed by atoms with Crippen LogP contribution in [0.2, 0.25) is 0 Å². The molecule has 1 saturated heterocycles. The standard InChI is InChI=1S/C21H24N4O4S/c1-13-8-14(2)10-16(9-13)24-30(27,28)19-11-18(29-15(19)3)20-17(12-22-23-20)21(26)25-6-4-5-7-25/h8-12,24H,4-7H2,1-3H3,(H,22,23). The third-order valence-electron chi connectivity index (χ3n) is 5.15. The van der Waals surface area contributed by atoms with Crippen LogP contribution in [0, 0.1) is 20.8 Å². The Morgan fingerprint density at radius 3 is 2.43 bits per heavy atom. The second-order valence-corrected chi connectivity index (χ2v) is 9.32. The number of furan rings is 1. The minimum atomic E-state index is -3.87. The van der Waals surface area contributed by atoms with E-state index in [0.29, 0.717) is 30.0 Å². The number of sulfonamides is 1. The van der Waals surface area contributed by atoms with Crippen LogP contribution >= 0.6 is 0 Å². The van der Waals surface area contributed by atoms with Gasteiger partial charge in [-0.25, -0.2) is 8.42 Å². The number of nitrogens with zero attached hydrogens (tertiary/aromatic N) is 2. The lowest BCUT2D eigenvalue weighted by Gasteiger charge is -2.14. The van der Waals surface area contributed by atoms with Crippen LogP contribution < -0.4 is 4.72 Å². The average molecular weight is 429 g/mol. The first kappa shape index (κ1) is 20.2. The van der Waals surface area contributed by atoms with Crippen LogP contribution in [0.3, 0.4) is 0 Å². The van der Waals surface area contributed by atoms with E-state index in [1.54, 1.807) is 24.0 Å². The highest BCUT2D eigenvalue weighted by Crippen LogP contribution is 2.31. The Balaban J connectivity index is 1.65. The first-order chi connectivity index (χ1) is 14.2. The fraction of sp³-hybridized carbons (Fsp3) is 0.333. The van der Waals surface area contributed by atoms with Crippen LogP contribution in [0.4, 0.5) is 5.69 Å². The lowest BCUT2D eigenvalue weighted by atomic mass is 10.1. The van der Waals surface area contributed by atoms with Gasteiger partial charge in [0.2, 0.25) is 0 Å². The second-order valence-electron chi connectivity index (χ2n) is 7.67. The van der Waals surface area contributed by atoms with Crippen molar-refractivity contribution >= 4 is 21.6 Å². The zero-order valence-electron chi connectivity index (χ0n) is 17.2. The molecule has 0 atom stereocenters. The first-order valence-corrected chi connectivity index (χ1v) is 11.3. The maximum absolute atomic E-state index is 13.0. The summed E-state index contributed by atoms with van der Waals surface area (Å²) in [6.45, 7) is 6.81. The minimum absolute atomic E-state index is 0.0193. The summed E-state index contributed by atoms with van der Waals surface area (Å²) in [6, 6.07) is 6.93. The fourth-order valence-electron chi connectivity index (χ4n) is 3.83. The summed E-state index contributed by atoms with van der Waals surface area (Å²) in [5.41, 5.74) is 3.15. The summed E-state index contributed by atoms with van der Waals surface area (Å²) in [5.74, 6) is 0.354. The van der Waals surface area contributed by atoms with Crippen molar-refractivity contribution in [2.75, 3.05) is 17.8 Å². The minimum Gasteiger partial charge on any atom is -0.458 e. The number of aryl methyl sites for hydroxylation is 3. The molecule has 2 aromatic heterocycles. The SMILES string of the molecule is Cc1cc(C)cc(NS(=O)(=O)c2cc(-c3[nH]ncc3C(=O)N3CCCC3)oc2C)c1. The number of carbonyl (C=O) groups is 1. The molecule has 0 aliphatic carbocycles. The number of benzene rings is 1. The van der Waals surface area contributed by atoms with Crippen LogP contribution in [-0.4, -0.2) is 42.5 Å². The summed E-state index contributed by atoms with van der Waals surface area (Å²) in [6.07, 6.45) is 3.41. The summed E-state index contributed by atoms with van der Waals surface area (Å²) in [7, 11) is -3.87. The first-order valence-electron chi connectivity index (χ1n) is 9.79. The lowest BCUT2D eigenvalue weighted by Crippen LogP contribution is -2.27. The maximum atomic E-state index is 13.0. The van der Waals surface area contributed by atoms with Gasteiger partial charge in [-0.1, -0.05) is 6.07 Å².